The first-order valence-electron chi connectivity index (χ1n) is 8.49. The Bertz CT molecular complexity index is 455. The van der Waals surface area contributed by atoms with Gasteiger partial charge >= 0.3 is 0 Å². The largest absolute Gasteiger partial charge is 0.493 e. The molecule has 1 aromatic rings. The van der Waals surface area contributed by atoms with Gasteiger partial charge in [-0.25, -0.2) is 0 Å². The van der Waals surface area contributed by atoms with Crippen LogP contribution in [0.25, 0.3) is 0 Å². The van der Waals surface area contributed by atoms with Crippen molar-refractivity contribution in [3.05, 3.63) is 29.3 Å². The van der Waals surface area contributed by atoms with Crippen molar-refractivity contribution in [1.29, 1.82) is 0 Å². The van der Waals surface area contributed by atoms with Crippen molar-refractivity contribution < 1.29 is 4.74 Å². The maximum atomic E-state index is 5.55. The highest BCUT2D eigenvalue weighted by molar-refractivity contribution is 5.39. The van der Waals surface area contributed by atoms with Crippen LogP contribution in [0.1, 0.15) is 37.3 Å². The third-order valence-electron chi connectivity index (χ3n) is 4.59. The van der Waals surface area contributed by atoms with Crippen LogP contribution in [-0.4, -0.2) is 37.7 Å². The first-order valence-corrected chi connectivity index (χ1v) is 8.49. The second-order valence-electron chi connectivity index (χ2n) is 6.64. The Morgan fingerprint density at radius 3 is 2.95 bits per heavy atom. The summed E-state index contributed by atoms with van der Waals surface area (Å²) in [5, 5.41) is 3.61. The second-order valence-corrected chi connectivity index (χ2v) is 6.64. The molecule has 1 fully saturated rings. The van der Waals surface area contributed by atoms with E-state index in [2.05, 4.69) is 35.3 Å². The molecule has 1 N–H and O–H groups in total. The zero-order valence-electron chi connectivity index (χ0n) is 13.2. The molecule has 0 radical (unpaired) electrons. The van der Waals surface area contributed by atoms with Crippen LogP contribution in [0, 0.1) is 5.92 Å². The van der Waals surface area contributed by atoms with Crippen molar-refractivity contribution in [2.24, 2.45) is 5.92 Å². The first kappa shape index (κ1) is 14.9. The van der Waals surface area contributed by atoms with E-state index in [1.807, 2.05) is 0 Å². The number of hydrogen-bond donors (Lipinski definition) is 1. The quantitative estimate of drug-likeness (QED) is 0.871. The van der Waals surface area contributed by atoms with Crippen molar-refractivity contribution in [3.63, 3.8) is 0 Å². The van der Waals surface area contributed by atoms with Gasteiger partial charge in [-0.2, -0.15) is 0 Å². The summed E-state index contributed by atoms with van der Waals surface area (Å²) in [7, 11) is 0. The third kappa shape index (κ3) is 4.21. The lowest BCUT2D eigenvalue weighted by molar-refractivity contribution is 0.199. The molecule has 2 aliphatic heterocycles. The summed E-state index contributed by atoms with van der Waals surface area (Å²) in [5.74, 6) is 1.80. The number of benzene rings is 1. The number of nitrogens with one attached hydrogen (secondary N) is 1. The molecule has 21 heavy (non-hydrogen) atoms. The molecule has 0 aliphatic carbocycles. The molecule has 1 unspecified atom stereocenters. The molecule has 1 atom stereocenters. The standard InChI is InChI=1S/C18H28N2O/c1-15(14-20-8-3-2-4-9-20)12-19-13-16-5-6-18-17(11-16)7-10-21-18/h5-6,11,15,19H,2-4,7-10,12-14H2,1H3. The van der Waals surface area contributed by atoms with Crippen LogP contribution >= 0.6 is 0 Å². The number of likely N-dealkylation sites (tertiary alicyclic amines) is 1. The van der Waals surface area contributed by atoms with Crippen LogP contribution in [0.4, 0.5) is 0 Å². The van der Waals surface area contributed by atoms with Crippen LogP contribution in [-0.2, 0) is 13.0 Å². The van der Waals surface area contributed by atoms with E-state index in [0.717, 1.165) is 37.8 Å². The Kier molecular flexibility index (Phi) is 5.15. The topological polar surface area (TPSA) is 24.5 Å². The van der Waals surface area contributed by atoms with E-state index < -0.39 is 0 Å². The molecule has 0 saturated carbocycles. The van der Waals surface area contributed by atoms with Gasteiger partial charge in [0.25, 0.3) is 0 Å². The fraction of sp³-hybridized carbons (Fsp3) is 0.667. The van der Waals surface area contributed by atoms with Gasteiger partial charge in [0.05, 0.1) is 6.61 Å². The second kappa shape index (κ2) is 7.28. The van der Waals surface area contributed by atoms with Crippen molar-refractivity contribution in [2.45, 2.75) is 39.2 Å². The summed E-state index contributed by atoms with van der Waals surface area (Å²) >= 11 is 0. The average molecular weight is 288 g/mol. The highest BCUT2D eigenvalue weighted by Gasteiger charge is 2.14. The maximum Gasteiger partial charge on any atom is 0.122 e. The fourth-order valence-electron chi connectivity index (χ4n) is 3.46. The van der Waals surface area contributed by atoms with E-state index >= 15 is 0 Å². The molecule has 3 rings (SSSR count). The molecule has 2 heterocycles. The van der Waals surface area contributed by atoms with E-state index in [1.165, 1.54) is 50.0 Å². The molecule has 3 nitrogen and oxygen atoms in total. The van der Waals surface area contributed by atoms with E-state index in [9.17, 15) is 0 Å². The number of rotatable bonds is 6. The summed E-state index contributed by atoms with van der Waals surface area (Å²) in [5.41, 5.74) is 2.75. The van der Waals surface area contributed by atoms with Crippen LogP contribution in [0.15, 0.2) is 18.2 Å². The molecular formula is C18H28N2O. The predicted molar refractivity (Wildman–Crippen MR) is 86.8 cm³/mol. The monoisotopic (exact) mass is 288 g/mol. The average Bonchev–Trinajstić information content (AvgIpc) is 2.96. The van der Waals surface area contributed by atoms with Crippen LogP contribution < -0.4 is 10.1 Å². The minimum Gasteiger partial charge on any atom is -0.493 e. The van der Waals surface area contributed by atoms with Crippen molar-refractivity contribution in [3.8, 4) is 5.75 Å². The highest BCUT2D eigenvalue weighted by Crippen LogP contribution is 2.25. The predicted octanol–water partition coefficient (Wildman–Crippen LogP) is 2.83. The van der Waals surface area contributed by atoms with Gasteiger partial charge in [-0.1, -0.05) is 25.5 Å². The highest BCUT2D eigenvalue weighted by atomic mass is 16.5. The molecule has 116 valence electrons. The van der Waals surface area contributed by atoms with Crippen LogP contribution in [0.2, 0.25) is 0 Å². The van der Waals surface area contributed by atoms with Crippen molar-refractivity contribution >= 4 is 0 Å². The number of fused-ring (bicyclic) bond motifs is 1. The Hall–Kier alpha value is -1.06. The Balaban J connectivity index is 1.39. The number of piperidine rings is 1. The number of hydrogen-bond acceptors (Lipinski definition) is 3. The van der Waals surface area contributed by atoms with Crippen LogP contribution in [0.3, 0.4) is 0 Å². The van der Waals surface area contributed by atoms with Gasteiger partial charge in [0.2, 0.25) is 0 Å². The maximum absolute atomic E-state index is 5.55. The lowest BCUT2D eigenvalue weighted by Gasteiger charge is -2.29. The van der Waals surface area contributed by atoms with Gasteiger partial charge in [0.15, 0.2) is 0 Å². The Morgan fingerprint density at radius 1 is 1.24 bits per heavy atom. The zero-order chi connectivity index (χ0) is 14.5. The van der Waals surface area contributed by atoms with Crippen molar-refractivity contribution in [2.75, 3.05) is 32.8 Å². The molecule has 0 spiro atoms. The summed E-state index contributed by atoms with van der Waals surface area (Å²) in [6.07, 6.45) is 5.26. The molecule has 2 aliphatic rings. The van der Waals surface area contributed by atoms with Gasteiger partial charge in [-0.3, -0.25) is 0 Å². The minimum atomic E-state index is 0.723. The van der Waals surface area contributed by atoms with E-state index in [1.54, 1.807) is 0 Å². The molecular weight excluding hydrogens is 260 g/mol. The van der Waals surface area contributed by atoms with Crippen molar-refractivity contribution in [1.82, 2.24) is 10.2 Å². The lowest BCUT2D eigenvalue weighted by Crippen LogP contribution is -2.36. The summed E-state index contributed by atoms with van der Waals surface area (Å²) in [4.78, 5) is 2.63. The third-order valence-corrected chi connectivity index (χ3v) is 4.59. The summed E-state index contributed by atoms with van der Waals surface area (Å²) in [6.45, 7) is 9.12. The fourth-order valence-corrected chi connectivity index (χ4v) is 3.46. The van der Waals surface area contributed by atoms with E-state index in [0.29, 0.717) is 0 Å². The van der Waals surface area contributed by atoms with Gasteiger partial charge in [-0.05, 0) is 55.6 Å². The molecule has 3 heteroatoms. The van der Waals surface area contributed by atoms with Gasteiger partial charge < -0.3 is 15.0 Å². The Labute approximate surface area is 128 Å². The summed E-state index contributed by atoms with van der Waals surface area (Å²) in [6, 6.07) is 6.60. The SMILES string of the molecule is CC(CNCc1ccc2c(c1)CCO2)CN1CCCCC1. The zero-order valence-corrected chi connectivity index (χ0v) is 13.2. The summed E-state index contributed by atoms with van der Waals surface area (Å²) < 4.78 is 5.55. The smallest absolute Gasteiger partial charge is 0.122 e. The number of ether oxygens (including phenoxy) is 1. The Morgan fingerprint density at radius 2 is 2.10 bits per heavy atom. The van der Waals surface area contributed by atoms with Gasteiger partial charge in [0.1, 0.15) is 5.75 Å². The van der Waals surface area contributed by atoms with E-state index in [4.69, 9.17) is 4.74 Å². The molecule has 0 aromatic heterocycles. The number of nitrogens with zero attached hydrogens (tertiary/aromatic N) is 1. The van der Waals surface area contributed by atoms with Gasteiger partial charge in [-0.15, -0.1) is 0 Å². The molecule has 1 aromatic carbocycles. The lowest BCUT2D eigenvalue weighted by atomic mass is 10.1. The molecule has 1 saturated heterocycles. The van der Waals surface area contributed by atoms with E-state index in [-0.39, 0.29) is 0 Å². The minimum absolute atomic E-state index is 0.723. The first-order chi connectivity index (χ1) is 10.3. The normalized spacial score (nSPS) is 20.0. The van der Waals surface area contributed by atoms with Crippen LogP contribution in [0.5, 0.6) is 5.75 Å². The molecule has 0 amide bonds. The van der Waals surface area contributed by atoms with Gasteiger partial charge in [0, 0.05) is 19.5 Å². The molecule has 0 bridgehead atoms.